The predicted molar refractivity (Wildman–Crippen MR) is 152 cm³/mol. The molecule has 0 aliphatic carbocycles. The van der Waals surface area contributed by atoms with Crippen LogP contribution in [0.25, 0.3) is 33.3 Å². The van der Waals surface area contributed by atoms with Crippen LogP contribution in [0.3, 0.4) is 0 Å². The molecule has 1 saturated heterocycles. The van der Waals surface area contributed by atoms with Crippen molar-refractivity contribution in [3.63, 3.8) is 0 Å². The number of methoxy groups -OCH3 is 1. The molecule has 1 fully saturated rings. The zero-order valence-corrected chi connectivity index (χ0v) is 23.1. The van der Waals surface area contributed by atoms with Crippen molar-refractivity contribution >= 4 is 43.9 Å². The molecule has 41 heavy (non-hydrogen) atoms. The van der Waals surface area contributed by atoms with Crippen LogP contribution in [-0.2, 0) is 14.8 Å². The topological polar surface area (TPSA) is 126 Å². The molecular formula is C29H21FN4O5S2. The van der Waals surface area contributed by atoms with Gasteiger partial charge >= 0.3 is 5.97 Å². The Balaban J connectivity index is 1.66. The van der Waals surface area contributed by atoms with Gasteiger partial charge in [-0.25, -0.2) is 21.8 Å². The lowest BCUT2D eigenvalue weighted by Crippen LogP contribution is -2.50. The van der Waals surface area contributed by atoms with Gasteiger partial charge in [-0.15, -0.1) is 11.3 Å². The first-order valence-corrected chi connectivity index (χ1v) is 14.7. The molecule has 3 aromatic heterocycles. The summed E-state index contributed by atoms with van der Waals surface area (Å²) in [5.74, 6) is -1.69. The Labute approximate surface area is 238 Å². The molecule has 5 aromatic rings. The monoisotopic (exact) mass is 588 g/mol. The number of carboxylic acids is 1. The van der Waals surface area contributed by atoms with E-state index in [4.69, 9.17) is 4.74 Å². The molecule has 0 bridgehead atoms. The SMILES string of the molecule is COc1ccc(S(=O)(=O)n2c(-c3cccc(N4CC(C(=O)O)C4)c3)c(-c3ccsc3C#N)c3cc(F)ccc32)cn1. The molecule has 1 N–H and O–H groups in total. The van der Waals surface area contributed by atoms with Gasteiger partial charge in [0.15, 0.2) is 0 Å². The number of hydrogen-bond donors (Lipinski definition) is 1. The molecule has 4 heterocycles. The van der Waals surface area contributed by atoms with E-state index in [0.717, 1.165) is 3.97 Å². The summed E-state index contributed by atoms with van der Waals surface area (Å²) >= 11 is 1.20. The van der Waals surface area contributed by atoms with Gasteiger partial charge in [-0.1, -0.05) is 12.1 Å². The largest absolute Gasteiger partial charge is 0.481 e. The van der Waals surface area contributed by atoms with E-state index < -0.39 is 27.7 Å². The number of carboxylic acid groups (broad SMARTS) is 1. The summed E-state index contributed by atoms with van der Waals surface area (Å²) < 4.78 is 49.6. The fourth-order valence-electron chi connectivity index (χ4n) is 5.05. The zero-order valence-electron chi connectivity index (χ0n) is 21.5. The van der Waals surface area contributed by atoms with Crippen molar-refractivity contribution in [1.82, 2.24) is 8.96 Å². The number of nitriles is 1. The molecule has 206 valence electrons. The molecule has 12 heteroatoms. The summed E-state index contributed by atoms with van der Waals surface area (Å²) in [6.45, 7) is 0.636. The Kier molecular flexibility index (Phi) is 6.48. The van der Waals surface area contributed by atoms with Gasteiger partial charge in [0.25, 0.3) is 10.0 Å². The Bertz CT molecular complexity index is 1970. The summed E-state index contributed by atoms with van der Waals surface area (Å²) in [6.07, 6.45) is 1.20. The number of aliphatic carboxylic acids is 1. The molecule has 0 radical (unpaired) electrons. The molecule has 0 unspecified atom stereocenters. The molecular weight excluding hydrogens is 567 g/mol. The van der Waals surface area contributed by atoms with Gasteiger partial charge in [-0.05, 0) is 47.8 Å². The van der Waals surface area contributed by atoms with Gasteiger partial charge in [-0.2, -0.15) is 5.26 Å². The molecule has 0 spiro atoms. The van der Waals surface area contributed by atoms with Crippen LogP contribution >= 0.6 is 11.3 Å². The number of carbonyl (C=O) groups is 1. The van der Waals surface area contributed by atoms with Crippen molar-refractivity contribution in [2.24, 2.45) is 5.92 Å². The van der Waals surface area contributed by atoms with E-state index in [-0.39, 0.29) is 22.0 Å². The third kappa shape index (κ3) is 4.39. The van der Waals surface area contributed by atoms with Crippen molar-refractivity contribution in [1.29, 1.82) is 5.26 Å². The maximum atomic E-state index is 14.7. The van der Waals surface area contributed by atoms with Crippen molar-refractivity contribution in [2.75, 3.05) is 25.1 Å². The van der Waals surface area contributed by atoms with E-state index in [1.54, 1.807) is 29.6 Å². The molecule has 1 aliphatic rings. The third-order valence-corrected chi connectivity index (χ3v) is 9.61. The number of aromatic nitrogens is 2. The lowest BCUT2D eigenvalue weighted by Gasteiger charge is -2.38. The van der Waals surface area contributed by atoms with E-state index in [9.17, 15) is 28.0 Å². The first kappa shape index (κ1) is 26.5. The quantitative estimate of drug-likeness (QED) is 0.275. The molecule has 0 atom stereocenters. The average Bonchev–Trinajstić information content (AvgIpc) is 3.54. The average molecular weight is 589 g/mol. The van der Waals surface area contributed by atoms with E-state index in [0.29, 0.717) is 45.7 Å². The smallest absolute Gasteiger partial charge is 0.310 e. The highest BCUT2D eigenvalue weighted by molar-refractivity contribution is 7.90. The van der Waals surface area contributed by atoms with Gasteiger partial charge in [0.2, 0.25) is 5.88 Å². The standard InChI is InChI=1S/C29H21FN4O5S2/c1-39-26-8-6-21(14-32-26)41(37,38)34-24-7-5-19(30)12-23(24)27(22-9-10-40-25(22)13-31)28(34)17-3-2-4-20(11-17)33-15-18(16-33)29(35)36/h2-12,14,18H,15-16H2,1H3,(H,35,36). The first-order valence-electron chi connectivity index (χ1n) is 12.4. The van der Waals surface area contributed by atoms with Gasteiger partial charge in [-0.3, -0.25) is 4.79 Å². The number of benzene rings is 2. The molecule has 0 saturated carbocycles. The van der Waals surface area contributed by atoms with Crippen molar-refractivity contribution < 1.29 is 27.4 Å². The number of pyridine rings is 1. The Morgan fingerprint density at radius 2 is 1.98 bits per heavy atom. The van der Waals surface area contributed by atoms with Gasteiger partial charge in [0.05, 0.1) is 30.4 Å². The Hall–Kier alpha value is -4.73. The maximum absolute atomic E-state index is 14.7. The predicted octanol–water partition coefficient (Wildman–Crippen LogP) is 5.21. The second kappa shape index (κ2) is 10.0. The molecule has 6 rings (SSSR count). The van der Waals surface area contributed by atoms with Crippen LogP contribution < -0.4 is 9.64 Å². The highest BCUT2D eigenvalue weighted by Gasteiger charge is 2.34. The number of halogens is 1. The number of rotatable bonds is 7. The summed E-state index contributed by atoms with van der Waals surface area (Å²) in [6, 6.07) is 17.7. The summed E-state index contributed by atoms with van der Waals surface area (Å²) in [5, 5.41) is 21.2. The highest BCUT2D eigenvalue weighted by atomic mass is 32.2. The zero-order chi connectivity index (χ0) is 28.9. The minimum Gasteiger partial charge on any atom is -0.481 e. The normalized spacial score (nSPS) is 13.6. The Morgan fingerprint density at radius 3 is 2.66 bits per heavy atom. The van der Waals surface area contributed by atoms with Crippen LogP contribution in [0.4, 0.5) is 10.1 Å². The number of fused-ring (bicyclic) bond motifs is 1. The summed E-state index contributed by atoms with van der Waals surface area (Å²) in [5.41, 5.74) is 2.55. The minimum atomic E-state index is -4.31. The van der Waals surface area contributed by atoms with E-state index in [2.05, 4.69) is 11.1 Å². The number of ether oxygens (including phenoxy) is 1. The number of anilines is 1. The fourth-order valence-corrected chi connectivity index (χ4v) is 7.23. The molecule has 9 nitrogen and oxygen atoms in total. The van der Waals surface area contributed by atoms with Crippen molar-refractivity contribution in [3.05, 3.63) is 82.9 Å². The fraction of sp³-hybridized carbons (Fsp3) is 0.138. The highest BCUT2D eigenvalue weighted by Crippen LogP contribution is 2.46. The second-order valence-corrected chi connectivity index (χ2v) is 12.2. The van der Waals surface area contributed by atoms with Gasteiger partial charge in [0.1, 0.15) is 21.7 Å². The minimum absolute atomic E-state index is 0.110. The summed E-state index contributed by atoms with van der Waals surface area (Å²) in [7, 11) is -2.89. The maximum Gasteiger partial charge on any atom is 0.310 e. The summed E-state index contributed by atoms with van der Waals surface area (Å²) in [4.78, 5) is 17.6. The van der Waals surface area contributed by atoms with E-state index in [1.165, 1.54) is 55.0 Å². The Morgan fingerprint density at radius 1 is 1.17 bits per heavy atom. The van der Waals surface area contributed by atoms with Crippen LogP contribution in [0.2, 0.25) is 0 Å². The number of nitrogens with zero attached hydrogens (tertiary/aromatic N) is 4. The van der Waals surface area contributed by atoms with Crippen LogP contribution in [0.15, 0.2) is 77.1 Å². The lowest BCUT2D eigenvalue weighted by molar-refractivity contribution is -0.142. The van der Waals surface area contributed by atoms with E-state index >= 15 is 0 Å². The molecule has 2 aromatic carbocycles. The first-order chi connectivity index (χ1) is 19.7. The van der Waals surface area contributed by atoms with Gasteiger partial charge < -0.3 is 14.7 Å². The molecule has 0 amide bonds. The van der Waals surface area contributed by atoms with Crippen molar-refractivity contribution in [3.8, 4) is 34.3 Å². The van der Waals surface area contributed by atoms with Crippen LogP contribution in [-0.4, -0.2) is 48.6 Å². The third-order valence-electron chi connectivity index (χ3n) is 7.09. The number of hydrogen-bond acceptors (Lipinski definition) is 8. The van der Waals surface area contributed by atoms with Crippen LogP contribution in [0, 0.1) is 23.1 Å². The number of thiophene rings is 1. The van der Waals surface area contributed by atoms with E-state index in [1.807, 2.05) is 11.0 Å². The lowest BCUT2D eigenvalue weighted by atomic mass is 9.96. The van der Waals surface area contributed by atoms with Crippen LogP contribution in [0.1, 0.15) is 4.88 Å². The van der Waals surface area contributed by atoms with Crippen molar-refractivity contribution in [2.45, 2.75) is 4.90 Å². The second-order valence-electron chi connectivity index (χ2n) is 9.46. The van der Waals surface area contributed by atoms with Gasteiger partial charge in [0, 0.05) is 46.9 Å². The molecule has 1 aliphatic heterocycles. The van der Waals surface area contributed by atoms with Crippen LogP contribution in [0.5, 0.6) is 5.88 Å².